The minimum Gasteiger partial charge on any atom is -0.352 e. The van der Waals surface area contributed by atoms with Crippen molar-refractivity contribution in [2.24, 2.45) is 0 Å². The maximum atomic E-state index is 11.9. The molecule has 2 N–H and O–H groups in total. The van der Waals surface area contributed by atoms with Gasteiger partial charge in [-0.1, -0.05) is 0 Å². The third-order valence-electron chi connectivity index (χ3n) is 3.93. The average Bonchev–Trinajstić information content (AvgIpc) is 2.77. The van der Waals surface area contributed by atoms with Gasteiger partial charge in [0.25, 0.3) is 0 Å². The first-order valence-corrected chi connectivity index (χ1v) is 6.41. The monoisotopic (exact) mass is 297 g/mol. The summed E-state index contributed by atoms with van der Waals surface area (Å²) in [5.74, 6) is 0.208. The molecule has 0 aromatic carbocycles. The van der Waals surface area contributed by atoms with E-state index < -0.39 is 0 Å². The largest absolute Gasteiger partial charge is 0.352 e. The van der Waals surface area contributed by atoms with Crippen molar-refractivity contribution in [3.8, 4) is 0 Å². The Labute approximate surface area is 122 Å². The van der Waals surface area contributed by atoms with Gasteiger partial charge in [-0.05, 0) is 46.2 Å². The van der Waals surface area contributed by atoms with Gasteiger partial charge in [-0.3, -0.25) is 4.79 Å². The lowest BCUT2D eigenvalue weighted by Gasteiger charge is -2.35. The maximum Gasteiger partial charge on any atom is 0.237 e. The summed E-state index contributed by atoms with van der Waals surface area (Å²) < 4.78 is 0. The average molecular weight is 298 g/mol. The van der Waals surface area contributed by atoms with Crippen LogP contribution in [0.2, 0.25) is 0 Å². The van der Waals surface area contributed by atoms with E-state index in [0.717, 1.165) is 38.8 Å². The minimum atomic E-state index is 0. The van der Waals surface area contributed by atoms with E-state index in [1.165, 1.54) is 0 Å². The third-order valence-corrected chi connectivity index (χ3v) is 3.93. The highest BCUT2D eigenvalue weighted by Crippen LogP contribution is 2.16. The molecule has 4 nitrogen and oxygen atoms in total. The van der Waals surface area contributed by atoms with Crippen LogP contribution in [0.1, 0.15) is 32.6 Å². The summed E-state index contributed by atoms with van der Waals surface area (Å²) in [5, 5.41) is 6.43. The topological polar surface area (TPSA) is 44.4 Å². The molecule has 0 bridgehead atoms. The van der Waals surface area contributed by atoms with E-state index in [1.807, 2.05) is 0 Å². The Bertz CT molecular complexity index is 260. The standard InChI is InChI=1S/C12H23N3O.2ClH/c1-9-8-10(5-7-15(9)2)14-12(16)11-4-3-6-13-11;;/h9-11,13H,3-8H2,1-2H3,(H,14,16);2*1H/t9?,10?,11-;;/m0../s1. The number of carbonyl (C=O) groups is 1. The van der Waals surface area contributed by atoms with Gasteiger partial charge in [0.05, 0.1) is 6.04 Å². The van der Waals surface area contributed by atoms with Gasteiger partial charge in [-0.15, -0.1) is 24.8 Å². The molecule has 6 heteroatoms. The third kappa shape index (κ3) is 4.57. The molecule has 2 fully saturated rings. The Morgan fingerprint density at radius 3 is 2.61 bits per heavy atom. The van der Waals surface area contributed by atoms with Gasteiger partial charge in [0, 0.05) is 18.6 Å². The van der Waals surface area contributed by atoms with Crippen molar-refractivity contribution in [1.29, 1.82) is 0 Å². The van der Waals surface area contributed by atoms with Gasteiger partial charge in [-0.25, -0.2) is 0 Å². The summed E-state index contributed by atoms with van der Waals surface area (Å²) in [6.45, 7) is 4.30. The van der Waals surface area contributed by atoms with Crippen molar-refractivity contribution in [3.63, 3.8) is 0 Å². The zero-order chi connectivity index (χ0) is 11.5. The summed E-state index contributed by atoms with van der Waals surface area (Å²) in [4.78, 5) is 14.3. The van der Waals surface area contributed by atoms with Gasteiger partial charge in [-0.2, -0.15) is 0 Å². The molecule has 0 aliphatic carbocycles. The highest BCUT2D eigenvalue weighted by atomic mass is 35.5. The summed E-state index contributed by atoms with van der Waals surface area (Å²) in [6.07, 6.45) is 4.28. The van der Waals surface area contributed by atoms with Gasteiger partial charge < -0.3 is 15.5 Å². The molecule has 0 spiro atoms. The quantitative estimate of drug-likeness (QED) is 0.805. The molecule has 0 saturated carbocycles. The van der Waals surface area contributed by atoms with Crippen molar-refractivity contribution in [1.82, 2.24) is 15.5 Å². The van der Waals surface area contributed by atoms with Crippen LogP contribution in [0.25, 0.3) is 0 Å². The lowest BCUT2D eigenvalue weighted by molar-refractivity contribution is -0.123. The molecular formula is C12H25Cl2N3O. The maximum absolute atomic E-state index is 11.9. The molecule has 2 aliphatic rings. The number of amides is 1. The first-order chi connectivity index (χ1) is 7.66. The van der Waals surface area contributed by atoms with Crippen LogP contribution >= 0.6 is 24.8 Å². The van der Waals surface area contributed by atoms with Crippen LogP contribution in [0.3, 0.4) is 0 Å². The molecule has 18 heavy (non-hydrogen) atoms. The van der Waals surface area contributed by atoms with E-state index in [9.17, 15) is 4.79 Å². The second-order valence-corrected chi connectivity index (χ2v) is 5.21. The van der Waals surface area contributed by atoms with Crippen molar-refractivity contribution in [3.05, 3.63) is 0 Å². The molecule has 3 atom stereocenters. The van der Waals surface area contributed by atoms with E-state index in [4.69, 9.17) is 0 Å². The van der Waals surface area contributed by atoms with Gasteiger partial charge in [0.2, 0.25) is 5.91 Å². The van der Waals surface area contributed by atoms with Crippen LogP contribution in [-0.4, -0.2) is 49.1 Å². The van der Waals surface area contributed by atoms with Gasteiger partial charge in [0.15, 0.2) is 0 Å². The lowest BCUT2D eigenvalue weighted by atomic mass is 9.98. The predicted molar refractivity (Wildman–Crippen MR) is 78.8 cm³/mol. The van der Waals surface area contributed by atoms with E-state index in [2.05, 4.69) is 29.5 Å². The number of nitrogens with one attached hydrogen (secondary N) is 2. The Morgan fingerprint density at radius 2 is 2.06 bits per heavy atom. The molecule has 2 aliphatic heterocycles. The summed E-state index contributed by atoms with van der Waals surface area (Å²) >= 11 is 0. The molecule has 0 aromatic rings. The van der Waals surface area contributed by atoms with Crippen LogP contribution in [0.5, 0.6) is 0 Å². The van der Waals surface area contributed by atoms with Crippen LogP contribution in [0, 0.1) is 0 Å². The number of piperidine rings is 1. The first kappa shape index (κ1) is 18.0. The number of nitrogens with zero attached hydrogens (tertiary/aromatic N) is 1. The van der Waals surface area contributed by atoms with E-state index in [1.54, 1.807) is 0 Å². The second kappa shape index (κ2) is 8.20. The molecule has 108 valence electrons. The van der Waals surface area contributed by atoms with Gasteiger partial charge in [0.1, 0.15) is 0 Å². The van der Waals surface area contributed by atoms with Gasteiger partial charge >= 0.3 is 0 Å². The van der Waals surface area contributed by atoms with E-state index in [-0.39, 0.29) is 36.8 Å². The van der Waals surface area contributed by atoms with E-state index >= 15 is 0 Å². The fourth-order valence-electron chi connectivity index (χ4n) is 2.63. The molecular weight excluding hydrogens is 273 g/mol. The van der Waals surface area contributed by atoms with Crippen LogP contribution in [0.4, 0.5) is 0 Å². The fourth-order valence-corrected chi connectivity index (χ4v) is 2.63. The molecule has 1 amide bonds. The SMILES string of the molecule is CC1CC(NC(=O)[C@@H]2CCCN2)CCN1C.Cl.Cl. The number of hydrogen-bond acceptors (Lipinski definition) is 3. The molecule has 0 aromatic heterocycles. The van der Waals surface area contributed by atoms with Crippen molar-refractivity contribution in [2.75, 3.05) is 20.1 Å². The number of likely N-dealkylation sites (tertiary alicyclic amines) is 1. The second-order valence-electron chi connectivity index (χ2n) is 5.21. The Balaban J connectivity index is 0.00000144. The molecule has 2 saturated heterocycles. The number of hydrogen-bond donors (Lipinski definition) is 2. The fraction of sp³-hybridized carbons (Fsp3) is 0.917. The van der Waals surface area contributed by atoms with Crippen molar-refractivity contribution >= 4 is 30.7 Å². The summed E-state index contributed by atoms with van der Waals surface area (Å²) in [6, 6.07) is 1.02. The highest BCUT2D eigenvalue weighted by Gasteiger charge is 2.27. The summed E-state index contributed by atoms with van der Waals surface area (Å²) in [5.41, 5.74) is 0. The molecule has 2 unspecified atom stereocenters. The Hall–Kier alpha value is -0.0300. The van der Waals surface area contributed by atoms with Crippen molar-refractivity contribution in [2.45, 2.75) is 50.7 Å². The first-order valence-electron chi connectivity index (χ1n) is 6.41. The van der Waals surface area contributed by atoms with E-state index in [0.29, 0.717) is 12.1 Å². The zero-order valence-electron chi connectivity index (χ0n) is 11.1. The molecule has 0 radical (unpaired) electrons. The number of rotatable bonds is 2. The highest BCUT2D eigenvalue weighted by molar-refractivity contribution is 5.85. The van der Waals surface area contributed by atoms with Crippen LogP contribution in [0.15, 0.2) is 0 Å². The molecule has 2 rings (SSSR count). The van der Waals surface area contributed by atoms with Crippen LogP contribution in [-0.2, 0) is 4.79 Å². The van der Waals surface area contributed by atoms with Crippen molar-refractivity contribution < 1.29 is 4.79 Å². The zero-order valence-corrected chi connectivity index (χ0v) is 12.8. The van der Waals surface area contributed by atoms with Crippen LogP contribution < -0.4 is 10.6 Å². The molecule has 2 heterocycles. The normalized spacial score (nSPS) is 32.2. The number of carbonyl (C=O) groups excluding carboxylic acids is 1. The minimum absolute atomic E-state index is 0. The summed E-state index contributed by atoms with van der Waals surface area (Å²) in [7, 11) is 2.15. The Kier molecular flexibility index (Phi) is 8.19. The Morgan fingerprint density at radius 1 is 1.33 bits per heavy atom. The number of halogens is 2. The lowest BCUT2D eigenvalue weighted by Crippen LogP contribution is -2.51. The predicted octanol–water partition coefficient (Wildman–Crippen LogP) is 1.18. The smallest absolute Gasteiger partial charge is 0.237 e.